The summed E-state index contributed by atoms with van der Waals surface area (Å²) in [6, 6.07) is 15.6. The quantitative estimate of drug-likeness (QED) is 0.398. The number of pyridine rings is 1. The summed E-state index contributed by atoms with van der Waals surface area (Å²) in [7, 11) is 0. The molecule has 160 valence electrons. The molecule has 0 bridgehead atoms. The van der Waals surface area contributed by atoms with E-state index in [1.54, 1.807) is 22.7 Å². The first kappa shape index (κ1) is 19.1. The van der Waals surface area contributed by atoms with Gasteiger partial charge in [0.15, 0.2) is 11.5 Å². The summed E-state index contributed by atoms with van der Waals surface area (Å²) in [6.45, 7) is 0. The zero-order chi connectivity index (χ0) is 22.7. The van der Waals surface area contributed by atoms with Crippen LogP contribution in [0.25, 0.3) is 33.3 Å². The molecule has 11 heteroatoms. The monoisotopic (exact) mass is 455 g/mol. The van der Waals surface area contributed by atoms with Crippen molar-refractivity contribution in [3.8, 4) is 27.6 Å². The number of benzene rings is 1. The van der Waals surface area contributed by atoms with E-state index in [0.29, 0.717) is 28.4 Å². The van der Waals surface area contributed by atoms with Crippen molar-refractivity contribution in [2.45, 2.75) is 0 Å². The van der Waals surface area contributed by atoms with E-state index >= 15 is 0 Å². The highest BCUT2D eigenvalue weighted by Gasteiger charge is 2.31. The van der Waals surface area contributed by atoms with Crippen LogP contribution in [-0.2, 0) is 0 Å². The second kappa shape index (κ2) is 6.93. The van der Waals surface area contributed by atoms with Crippen molar-refractivity contribution in [2.75, 3.05) is 5.73 Å². The number of carbonyl (C=O) groups is 2. The Labute approximate surface area is 188 Å². The smallest absolute Gasteiger partial charge is 0.262 e. The Bertz CT molecular complexity index is 1670. The van der Waals surface area contributed by atoms with E-state index in [9.17, 15) is 14.4 Å². The fourth-order valence-electron chi connectivity index (χ4n) is 3.85. The number of imide groups is 1. The van der Waals surface area contributed by atoms with Crippen molar-refractivity contribution >= 4 is 34.6 Å². The summed E-state index contributed by atoms with van der Waals surface area (Å²) in [5.74, 6) is -0.723. The van der Waals surface area contributed by atoms with Crippen LogP contribution in [0, 0.1) is 0 Å². The third-order valence-corrected chi connectivity index (χ3v) is 6.22. The van der Waals surface area contributed by atoms with E-state index in [2.05, 4.69) is 15.5 Å². The molecule has 4 aromatic heterocycles. The van der Waals surface area contributed by atoms with Crippen LogP contribution >= 0.6 is 11.3 Å². The van der Waals surface area contributed by atoms with E-state index < -0.39 is 17.4 Å². The molecule has 0 radical (unpaired) electrons. The summed E-state index contributed by atoms with van der Waals surface area (Å²) in [5, 5.41) is 17.2. The van der Waals surface area contributed by atoms with Gasteiger partial charge in [0.2, 0.25) is 0 Å². The van der Waals surface area contributed by atoms with Gasteiger partial charge in [-0.2, -0.15) is 9.61 Å². The molecule has 0 aliphatic carbocycles. The minimum absolute atomic E-state index is 0.00497. The standard InChI is InChI=1S/C22H13N7O3S/c23-19-18-13(21(31)24-22(18)32)10-17(30)28(19)12-4-1-3-11(9-12)14-6-7-16-25-26-20(29(16)27-14)15-5-2-8-33-15/h1-10H,23H2,(H,24,31,32). The highest BCUT2D eigenvalue weighted by Crippen LogP contribution is 2.27. The molecule has 5 heterocycles. The number of thiophene rings is 1. The van der Waals surface area contributed by atoms with Crippen molar-refractivity contribution in [2.24, 2.45) is 0 Å². The molecule has 33 heavy (non-hydrogen) atoms. The summed E-state index contributed by atoms with van der Waals surface area (Å²) in [6.07, 6.45) is 0. The Morgan fingerprint density at radius 1 is 0.939 bits per heavy atom. The van der Waals surface area contributed by atoms with Crippen LogP contribution in [0.1, 0.15) is 20.7 Å². The topological polar surface area (TPSA) is 137 Å². The lowest BCUT2D eigenvalue weighted by Gasteiger charge is -2.13. The Kier molecular flexibility index (Phi) is 4.01. The van der Waals surface area contributed by atoms with Gasteiger partial charge in [0.1, 0.15) is 5.82 Å². The lowest BCUT2D eigenvalue weighted by Crippen LogP contribution is -2.24. The molecule has 2 amide bonds. The number of nitrogens with zero attached hydrogens (tertiary/aromatic N) is 5. The molecule has 0 spiro atoms. The molecule has 0 saturated heterocycles. The highest BCUT2D eigenvalue weighted by atomic mass is 32.1. The Hall–Kier alpha value is -4.64. The fourth-order valence-corrected chi connectivity index (χ4v) is 4.55. The minimum atomic E-state index is -0.632. The van der Waals surface area contributed by atoms with Gasteiger partial charge in [-0.1, -0.05) is 18.2 Å². The van der Waals surface area contributed by atoms with Crippen LogP contribution < -0.4 is 16.6 Å². The van der Waals surface area contributed by atoms with Crippen LogP contribution in [-0.4, -0.2) is 36.2 Å². The summed E-state index contributed by atoms with van der Waals surface area (Å²) in [5.41, 5.74) is 8.00. The van der Waals surface area contributed by atoms with Crippen molar-refractivity contribution in [1.29, 1.82) is 0 Å². The Morgan fingerprint density at radius 2 is 1.82 bits per heavy atom. The molecule has 0 saturated carbocycles. The number of fused-ring (bicyclic) bond motifs is 2. The van der Waals surface area contributed by atoms with E-state index in [0.717, 1.165) is 10.9 Å². The maximum absolute atomic E-state index is 12.8. The number of nitrogens with two attached hydrogens (primary N) is 1. The summed E-state index contributed by atoms with van der Waals surface area (Å²) in [4.78, 5) is 37.8. The van der Waals surface area contributed by atoms with Crippen molar-refractivity contribution in [1.82, 2.24) is 29.7 Å². The zero-order valence-electron chi connectivity index (χ0n) is 16.7. The number of nitrogens with one attached hydrogen (secondary N) is 1. The predicted octanol–water partition coefficient (Wildman–Crippen LogP) is 2.14. The number of carbonyl (C=O) groups excluding carboxylic acids is 2. The number of amides is 2. The van der Waals surface area contributed by atoms with Gasteiger partial charge in [0.25, 0.3) is 17.4 Å². The first-order chi connectivity index (χ1) is 16.0. The maximum atomic E-state index is 12.8. The lowest BCUT2D eigenvalue weighted by molar-refractivity contribution is 0.0880. The third-order valence-electron chi connectivity index (χ3n) is 5.36. The largest absolute Gasteiger partial charge is 0.384 e. The number of nitrogen functional groups attached to an aromatic ring is 1. The number of hydrogen-bond acceptors (Lipinski definition) is 8. The van der Waals surface area contributed by atoms with Gasteiger partial charge in [0, 0.05) is 11.6 Å². The average Bonchev–Trinajstić information content (AvgIpc) is 3.53. The van der Waals surface area contributed by atoms with Crippen molar-refractivity contribution in [3.05, 3.63) is 81.5 Å². The van der Waals surface area contributed by atoms with E-state index in [-0.39, 0.29) is 16.9 Å². The SMILES string of the molecule is Nc1c2c(cc(=O)n1-c1cccc(-c3ccc4nnc(-c5cccs5)n4n3)c1)C(=O)NC2=O. The molecule has 1 aliphatic rings. The highest BCUT2D eigenvalue weighted by molar-refractivity contribution is 7.13. The molecule has 1 aliphatic heterocycles. The average molecular weight is 455 g/mol. The van der Waals surface area contributed by atoms with E-state index in [1.807, 2.05) is 35.7 Å². The van der Waals surface area contributed by atoms with Crippen molar-refractivity contribution < 1.29 is 9.59 Å². The Morgan fingerprint density at radius 3 is 2.64 bits per heavy atom. The Balaban J connectivity index is 1.49. The molecule has 0 fully saturated rings. The molecule has 10 nitrogen and oxygen atoms in total. The van der Waals surface area contributed by atoms with Gasteiger partial charge in [-0.05, 0) is 35.7 Å². The van der Waals surface area contributed by atoms with Crippen molar-refractivity contribution in [3.63, 3.8) is 0 Å². The van der Waals surface area contributed by atoms with Gasteiger partial charge < -0.3 is 5.73 Å². The van der Waals surface area contributed by atoms with Gasteiger partial charge in [0.05, 0.1) is 27.4 Å². The molecular weight excluding hydrogens is 442 g/mol. The van der Waals surface area contributed by atoms with Crippen LogP contribution in [0.2, 0.25) is 0 Å². The van der Waals surface area contributed by atoms with Crippen LogP contribution in [0.3, 0.4) is 0 Å². The molecule has 6 rings (SSSR count). The molecule has 0 atom stereocenters. The number of aromatic nitrogens is 5. The predicted molar refractivity (Wildman–Crippen MR) is 121 cm³/mol. The molecule has 3 N–H and O–H groups in total. The number of hydrogen-bond donors (Lipinski definition) is 2. The lowest BCUT2D eigenvalue weighted by atomic mass is 10.1. The molecule has 0 unspecified atom stereocenters. The zero-order valence-corrected chi connectivity index (χ0v) is 17.5. The second-order valence-corrected chi connectivity index (χ2v) is 8.26. The minimum Gasteiger partial charge on any atom is -0.384 e. The number of rotatable bonds is 3. The fraction of sp³-hybridized carbons (Fsp3) is 0. The van der Waals surface area contributed by atoms with Gasteiger partial charge in [-0.25, -0.2) is 0 Å². The van der Waals surface area contributed by atoms with Gasteiger partial charge >= 0.3 is 0 Å². The number of anilines is 1. The third kappa shape index (κ3) is 2.87. The molecular formula is C22H13N7O3S. The molecule has 1 aromatic carbocycles. The second-order valence-electron chi connectivity index (χ2n) is 7.31. The first-order valence-corrected chi connectivity index (χ1v) is 10.7. The van der Waals surface area contributed by atoms with Crippen LogP contribution in [0.4, 0.5) is 5.82 Å². The first-order valence-electron chi connectivity index (χ1n) is 9.79. The normalized spacial score (nSPS) is 12.8. The van der Waals surface area contributed by atoms with Gasteiger partial charge in [-0.15, -0.1) is 21.5 Å². The van der Waals surface area contributed by atoms with Crippen LogP contribution in [0.5, 0.6) is 0 Å². The van der Waals surface area contributed by atoms with Crippen LogP contribution in [0.15, 0.2) is 64.8 Å². The van der Waals surface area contributed by atoms with E-state index in [4.69, 9.17) is 10.8 Å². The summed E-state index contributed by atoms with van der Waals surface area (Å²) < 4.78 is 2.87. The maximum Gasteiger partial charge on any atom is 0.262 e. The van der Waals surface area contributed by atoms with Gasteiger partial charge in [-0.3, -0.25) is 24.3 Å². The summed E-state index contributed by atoms with van der Waals surface area (Å²) >= 11 is 1.54. The van der Waals surface area contributed by atoms with E-state index in [1.165, 1.54) is 15.9 Å². The molecule has 5 aromatic rings.